The van der Waals surface area contributed by atoms with Gasteiger partial charge < -0.3 is 25.2 Å². The molecule has 0 aromatic heterocycles. The van der Waals surface area contributed by atoms with Crippen LogP contribution in [0, 0.1) is 0 Å². The van der Waals surface area contributed by atoms with Crippen LogP contribution >= 0.6 is 0 Å². The molecule has 1 aliphatic heterocycles. The molecule has 1 aliphatic rings. The predicted molar refractivity (Wildman–Crippen MR) is 30.0 cm³/mol. The number of aliphatic hydroxyl groups is 4. The Balaban J connectivity index is 2.52. The fraction of sp³-hybridized carbons (Fsp3) is 1.00. The standard InChI is InChI=1S/C5H10O5/c6-2-1-10-5(9)4(8)3(2)7/h2-9H,1H2/t2-,3?,4?,5-/m0/s1. The first-order valence-corrected chi connectivity index (χ1v) is 2.97. The maximum atomic E-state index is 8.88. The summed E-state index contributed by atoms with van der Waals surface area (Å²) in [6.07, 6.45) is -5.23. The van der Waals surface area contributed by atoms with E-state index >= 15 is 0 Å². The molecule has 10 heavy (non-hydrogen) atoms. The number of hydrogen-bond acceptors (Lipinski definition) is 5. The van der Waals surface area contributed by atoms with Gasteiger partial charge in [-0.2, -0.15) is 0 Å². The molecular weight excluding hydrogens is 140 g/mol. The van der Waals surface area contributed by atoms with E-state index in [1.807, 2.05) is 0 Å². The Hall–Kier alpha value is -0.200. The third-order valence-electron chi connectivity index (χ3n) is 1.47. The Morgan fingerprint density at radius 1 is 1.00 bits per heavy atom. The van der Waals surface area contributed by atoms with Crippen molar-refractivity contribution >= 4 is 0 Å². The van der Waals surface area contributed by atoms with Gasteiger partial charge in [-0.1, -0.05) is 0 Å². The molecule has 5 nitrogen and oxygen atoms in total. The van der Waals surface area contributed by atoms with E-state index in [1.165, 1.54) is 0 Å². The molecule has 0 aromatic carbocycles. The fourth-order valence-corrected chi connectivity index (χ4v) is 0.791. The van der Waals surface area contributed by atoms with E-state index in [0.29, 0.717) is 0 Å². The molecule has 5 heteroatoms. The van der Waals surface area contributed by atoms with Gasteiger partial charge in [0.05, 0.1) is 6.61 Å². The highest BCUT2D eigenvalue weighted by Crippen LogP contribution is 2.12. The highest BCUT2D eigenvalue weighted by Gasteiger charge is 2.36. The van der Waals surface area contributed by atoms with Gasteiger partial charge in [-0.05, 0) is 0 Å². The van der Waals surface area contributed by atoms with Crippen LogP contribution in [0.25, 0.3) is 0 Å². The molecular formula is C5H10O5. The van der Waals surface area contributed by atoms with Gasteiger partial charge >= 0.3 is 0 Å². The average molecular weight is 150 g/mol. The molecule has 1 rings (SSSR count). The zero-order chi connectivity index (χ0) is 7.72. The van der Waals surface area contributed by atoms with Gasteiger partial charge in [0.2, 0.25) is 0 Å². The van der Waals surface area contributed by atoms with Gasteiger partial charge in [0.15, 0.2) is 6.29 Å². The monoisotopic (exact) mass is 150 g/mol. The molecule has 0 aliphatic carbocycles. The minimum Gasteiger partial charge on any atom is -0.388 e. The van der Waals surface area contributed by atoms with Crippen molar-refractivity contribution in [2.75, 3.05) is 6.61 Å². The summed E-state index contributed by atoms with van der Waals surface area (Å²) in [5.41, 5.74) is 0. The second-order valence-corrected chi connectivity index (χ2v) is 2.27. The molecule has 1 fully saturated rings. The lowest BCUT2D eigenvalue weighted by Gasteiger charge is -2.31. The van der Waals surface area contributed by atoms with E-state index in [4.69, 9.17) is 20.4 Å². The summed E-state index contributed by atoms with van der Waals surface area (Å²) in [5, 5.41) is 35.3. The fourth-order valence-electron chi connectivity index (χ4n) is 0.791. The van der Waals surface area contributed by atoms with Crippen molar-refractivity contribution in [1.29, 1.82) is 0 Å². The Morgan fingerprint density at radius 3 is 2.10 bits per heavy atom. The molecule has 1 saturated heterocycles. The van der Waals surface area contributed by atoms with Gasteiger partial charge in [-0.25, -0.2) is 0 Å². The van der Waals surface area contributed by atoms with Gasteiger partial charge in [-0.15, -0.1) is 0 Å². The molecule has 0 bridgehead atoms. The van der Waals surface area contributed by atoms with E-state index in [9.17, 15) is 0 Å². The smallest absolute Gasteiger partial charge is 0.183 e. The lowest BCUT2D eigenvalue weighted by atomic mass is 10.1. The third kappa shape index (κ3) is 1.28. The van der Waals surface area contributed by atoms with E-state index in [1.54, 1.807) is 0 Å². The first-order chi connectivity index (χ1) is 4.63. The minimum absolute atomic E-state index is 0.153. The van der Waals surface area contributed by atoms with Crippen LogP contribution in [0.4, 0.5) is 0 Å². The SMILES string of the molecule is OC1C(O)[C@@H](O)OC[C@@H]1O. The van der Waals surface area contributed by atoms with Crippen LogP contribution in [-0.2, 0) is 4.74 Å². The van der Waals surface area contributed by atoms with Crippen molar-refractivity contribution in [2.45, 2.75) is 24.6 Å². The van der Waals surface area contributed by atoms with Crippen molar-refractivity contribution in [3.8, 4) is 0 Å². The van der Waals surface area contributed by atoms with Gasteiger partial charge in [-0.3, -0.25) is 0 Å². The summed E-state index contributed by atoms with van der Waals surface area (Å²) >= 11 is 0. The van der Waals surface area contributed by atoms with Crippen LogP contribution in [0.3, 0.4) is 0 Å². The Kier molecular flexibility index (Phi) is 2.22. The molecule has 60 valence electrons. The molecule has 0 amide bonds. The number of hydrogen-bond donors (Lipinski definition) is 4. The van der Waals surface area contributed by atoms with Crippen molar-refractivity contribution in [3.05, 3.63) is 0 Å². The first-order valence-electron chi connectivity index (χ1n) is 2.97. The summed E-state index contributed by atoms with van der Waals surface area (Å²) in [6.45, 7) is -0.153. The Bertz CT molecular complexity index is 103. The average Bonchev–Trinajstić information content (AvgIpc) is 1.93. The second kappa shape index (κ2) is 2.81. The highest BCUT2D eigenvalue weighted by molar-refractivity contribution is 4.81. The van der Waals surface area contributed by atoms with Crippen LogP contribution in [0.15, 0.2) is 0 Å². The largest absolute Gasteiger partial charge is 0.388 e. The van der Waals surface area contributed by atoms with Crippen LogP contribution in [0.5, 0.6) is 0 Å². The topological polar surface area (TPSA) is 90.2 Å². The van der Waals surface area contributed by atoms with Crippen LogP contribution in [0.1, 0.15) is 0 Å². The summed E-state index contributed by atoms with van der Waals surface area (Å²) in [6, 6.07) is 0. The first kappa shape index (κ1) is 7.90. The number of ether oxygens (including phenoxy) is 1. The van der Waals surface area contributed by atoms with Crippen LogP contribution < -0.4 is 0 Å². The quantitative estimate of drug-likeness (QED) is 0.304. The predicted octanol–water partition coefficient (Wildman–Crippen LogP) is -2.58. The maximum Gasteiger partial charge on any atom is 0.183 e. The lowest BCUT2D eigenvalue weighted by molar-refractivity contribution is -0.252. The number of aliphatic hydroxyl groups excluding tert-OH is 4. The summed E-state index contributed by atoms with van der Waals surface area (Å²) < 4.78 is 4.47. The summed E-state index contributed by atoms with van der Waals surface area (Å²) in [5.74, 6) is 0. The molecule has 0 saturated carbocycles. The maximum absolute atomic E-state index is 8.88. The van der Waals surface area contributed by atoms with Gasteiger partial charge in [0, 0.05) is 0 Å². The van der Waals surface area contributed by atoms with E-state index in [0.717, 1.165) is 0 Å². The second-order valence-electron chi connectivity index (χ2n) is 2.27. The normalized spacial score (nSPS) is 49.2. The minimum atomic E-state index is -1.41. The lowest BCUT2D eigenvalue weighted by Crippen LogP contribution is -2.52. The van der Waals surface area contributed by atoms with Gasteiger partial charge in [0.1, 0.15) is 18.3 Å². The van der Waals surface area contributed by atoms with Crippen LogP contribution in [-0.4, -0.2) is 51.6 Å². The molecule has 2 unspecified atom stereocenters. The third-order valence-corrected chi connectivity index (χ3v) is 1.47. The molecule has 0 aromatic rings. The van der Waals surface area contributed by atoms with E-state index < -0.39 is 24.6 Å². The van der Waals surface area contributed by atoms with Crippen molar-refractivity contribution in [1.82, 2.24) is 0 Å². The van der Waals surface area contributed by atoms with E-state index in [2.05, 4.69) is 4.74 Å². The zero-order valence-electron chi connectivity index (χ0n) is 5.21. The molecule has 4 N–H and O–H groups in total. The van der Waals surface area contributed by atoms with E-state index in [-0.39, 0.29) is 6.61 Å². The Morgan fingerprint density at radius 2 is 1.60 bits per heavy atom. The molecule has 0 radical (unpaired) electrons. The van der Waals surface area contributed by atoms with Crippen molar-refractivity contribution in [2.24, 2.45) is 0 Å². The zero-order valence-corrected chi connectivity index (χ0v) is 5.21. The molecule has 1 heterocycles. The van der Waals surface area contributed by atoms with Crippen molar-refractivity contribution < 1.29 is 25.2 Å². The molecule has 4 atom stereocenters. The summed E-state index contributed by atoms with van der Waals surface area (Å²) in [7, 11) is 0. The molecule has 0 spiro atoms. The Labute approximate surface area is 57.5 Å². The van der Waals surface area contributed by atoms with Gasteiger partial charge in [0.25, 0.3) is 0 Å². The van der Waals surface area contributed by atoms with Crippen molar-refractivity contribution in [3.63, 3.8) is 0 Å². The summed E-state index contributed by atoms with van der Waals surface area (Å²) in [4.78, 5) is 0. The number of rotatable bonds is 0. The highest BCUT2D eigenvalue weighted by atomic mass is 16.6. The van der Waals surface area contributed by atoms with Crippen LogP contribution in [0.2, 0.25) is 0 Å².